The zero-order valence-electron chi connectivity index (χ0n) is 11.6. The molecule has 0 fully saturated rings. The summed E-state index contributed by atoms with van der Waals surface area (Å²) in [5, 5.41) is 20.8. The zero-order valence-corrected chi connectivity index (χ0v) is 13.2. The summed E-state index contributed by atoms with van der Waals surface area (Å²) >= 11 is 0. The van der Waals surface area contributed by atoms with Crippen LogP contribution in [-0.4, -0.2) is 21.5 Å². The fraction of sp³-hybridized carbons (Fsp3) is 0. The van der Waals surface area contributed by atoms with Gasteiger partial charge >= 0.3 is 11.3 Å². The fourth-order valence-electron chi connectivity index (χ4n) is 2.81. The van der Waals surface area contributed by atoms with Gasteiger partial charge in [0.15, 0.2) is 10.8 Å². The average molecular weight is 344 g/mol. The van der Waals surface area contributed by atoms with E-state index in [4.69, 9.17) is 0 Å². The summed E-state index contributed by atoms with van der Waals surface area (Å²) in [6.45, 7) is 0. The number of benzene rings is 3. The van der Waals surface area contributed by atoms with E-state index in [1.807, 2.05) is 24.3 Å². The highest BCUT2D eigenvalue weighted by molar-refractivity contribution is 8.80. The van der Waals surface area contributed by atoms with Gasteiger partial charge in [-0.3, -0.25) is 0 Å². The second kappa shape index (κ2) is 5.07. The molecule has 4 rings (SSSR count). The minimum Gasteiger partial charge on any atom is -0.478 e. The van der Waals surface area contributed by atoms with Crippen molar-refractivity contribution in [2.45, 2.75) is 4.90 Å². The molecular weight excluding hydrogens is 334 g/mol. The van der Waals surface area contributed by atoms with Crippen LogP contribution in [0.5, 0.6) is 0 Å². The minimum absolute atomic E-state index is 0.245. The molecule has 1 unspecified atom stereocenters. The van der Waals surface area contributed by atoms with Crippen molar-refractivity contribution in [2.24, 2.45) is 0 Å². The molecule has 0 radical (unpaired) electrons. The highest BCUT2D eigenvalue weighted by Crippen LogP contribution is 2.46. The van der Waals surface area contributed by atoms with E-state index in [0.29, 0.717) is 16.5 Å². The van der Waals surface area contributed by atoms with Crippen LogP contribution in [0.3, 0.4) is 0 Å². The number of rotatable bonds is 1. The lowest BCUT2D eigenvalue weighted by atomic mass is 9.96. The first-order chi connectivity index (χ1) is 11.1. The van der Waals surface area contributed by atoms with Gasteiger partial charge in [0, 0.05) is 5.39 Å². The average Bonchev–Trinajstić information content (AvgIpc) is 2.97. The van der Waals surface area contributed by atoms with Crippen molar-refractivity contribution in [1.82, 2.24) is 0 Å². The molecular formula is C16H10NO4S2+. The van der Waals surface area contributed by atoms with Gasteiger partial charge < -0.3 is 10.2 Å². The van der Waals surface area contributed by atoms with E-state index in [9.17, 15) is 19.8 Å². The minimum atomic E-state index is -1.05. The van der Waals surface area contributed by atoms with Gasteiger partial charge in [0.2, 0.25) is 0 Å². The van der Waals surface area contributed by atoms with Gasteiger partial charge in [0.1, 0.15) is 5.69 Å². The summed E-state index contributed by atoms with van der Waals surface area (Å²) < 4.78 is 3.01. The van der Waals surface area contributed by atoms with Crippen LogP contribution in [0, 0.1) is 0 Å². The summed E-state index contributed by atoms with van der Waals surface area (Å²) in [4.78, 5) is 23.8. The van der Waals surface area contributed by atoms with E-state index >= 15 is 0 Å². The Morgan fingerprint density at radius 3 is 2.52 bits per heavy atom. The lowest BCUT2D eigenvalue weighted by Gasteiger charge is -2.09. The maximum Gasteiger partial charge on any atom is 0.564 e. The summed E-state index contributed by atoms with van der Waals surface area (Å²) in [5.41, 5.74) is 0.946. The molecule has 1 heterocycles. The van der Waals surface area contributed by atoms with Crippen LogP contribution >= 0.6 is 10.8 Å². The fourth-order valence-corrected chi connectivity index (χ4v) is 5.57. The molecule has 0 aromatic heterocycles. The molecule has 1 atom stereocenters. The molecule has 0 amide bonds. The van der Waals surface area contributed by atoms with Crippen molar-refractivity contribution in [2.75, 3.05) is 4.72 Å². The standard InChI is InChI=1S/C16H9NO4S2/c18-15(19)13-9-4-2-1-3-8(9)7-11-10(13)5-6-12-14(11)17-23(22-12)16(20)21/h1-7,17H,(H-,18,19,20,21)/p+1. The second-order valence-corrected chi connectivity index (χ2v) is 8.23. The van der Waals surface area contributed by atoms with Crippen LogP contribution in [0.25, 0.3) is 21.5 Å². The van der Waals surface area contributed by atoms with Crippen molar-refractivity contribution >= 4 is 59.4 Å². The van der Waals surface area contributed by atoms with Gasteiger partial charge in [-0.1, -0.05) is 30.3 Å². The van der Waals surface area contributed by atoms with Crippen LogP contribution in [0.1, 0.15) is 10.4 Å². The van der Waals surface area contributed by atoms with Gasteiger partial charge in [0.05, 0.1) is 10.5 Å². The van der Waals surface area contributed by atoms with Crippen molar-refractivity contribution < 1.29 is 19.8 Å². The summed E-state index contributed by atoms with van der Waals surface area (Å²) in [6.07, 6.45) is 0. The third kappa shape index (κ3) is 2.12. The van der Waals surface area contributed by atoms with Gasteiger partial charge in [-0.2, -0.15) is 9.52 Å². The predicted molar refractivity (Wildman–Crippen MR) is 93.3 cm³/mol. The summed E-state index contributed by atoms with van der Waals surface area (Å²) in [5.74, 6) is -0.991. The van der Waals surface area contributed by atoms with Crippen LogP contribution in [0.4, 0.5) is 10.5 Å². The molecule has 3 aromatic rings. The molecule has 23 heavy (non-hydrogen) atoms. The lowest BCUT2D eigenvalue weighted by Crippen LogP contribution is -2.13. The Morgan fingerprint density at radius 1 is 1.00 bits per heavy atom. The Bertz CT molecular complexity index is 1000. The van der Waals surface area contributed by atoms with Crippen molar-refractivity contribution in [3.8, 4) is 0 Å². The van der Waals surface area contributed by atoms with Crippen molar-refractivity contribution in [1.29, 1.82) is 0 Å². The van der Waals surface area contributed by atoms with E-state index in [1.54, 1.807) is 18.2 Å². The predicted octanol–water partition coefficient (Wildman–Crippen LogP) is 4.34. The molecule has 1 aliphatic heterocycles. The molecule has 0 saturated carbocycles. The topological polar surface area (TPSA) is 86.6 Å². The number of nitrogens with one attached hydrogen (secondary N) is 1. The van der Waals surface area contributed by atoms with E-state index in [0.717, 1.165) is 15.7 Å². The van der Waals surface area contributed by atoms with Crippen LogP contribution in [0.2, 0.25) is 0 Å². The number of carboxylic acid groups (broad SMARTS) is 2. The van der Waals surface area contributed by atoms with Gasteiger partial charge in [0.25, 0.3) is 10.1 Å². The lowest BCUT2D eigenvalue weighted by molar-refractivity contribution is 0.0701. The number of hydrogen-bond acceptors (Lipinski definition) is 4. The molecule has 0 spiro atoms. The maximum atomic E-state index is 11.8. The number of fused-ring (bicyclic) bond motifs is 4. The van der Waals surface area contributed by atoms with Crippen LogP contribution in [-0.2, 0) is 10.1 Å². The Labute approximate surface area is 137 Å². The van der Waals surface area contributed by atoms with E-state index in [-0.39, 0.29) is 5.56 Å². The SMILES string of the molecule is O=C(O)c1c2ccccc2cc2c3c(ccc12)S[S+](C(=O)O)N3. The number of hydrogen-bond donors (Lipinski definition) is 3. The van der Waals surface area contributed by atoms with E-state index < -0.39 is 21.4 Å². The number of anilines is 1. The zero-order chi connectivity index (χ0) is 16.1. The summed E-state index contributed by atoms with van der Waals surface area (Å²) in [6, 6.07) is 12.8. The Kier molecular flexibility index (Phi) is 3.14. The van der Waals surface area contributed by atoms with Gasteiger partial charge in [-0.25, -0.2) is 4.79 Å². The van der Waals surface area contributed by atoms with Crippen LogP contribution < -0.4 is 4.72 Å². The smallest absolute Gasteiger partial charge is 0.478 e. The molecule has 1 aliphatic rings. The molecule has 0 aliphatic carbocycles. The first kappa shape index (κ1) is 14.2. The largest absolute Gasteiger partial charge is 0.564 e. The first-order valence-corrected chi connectivity index (χ1v) is 9.26. The third-order valence-corrected chi connectivity index (χ3v) is 6.86. The molecule has 3 N–H and O–H groups in total. The molecule has 7 heteroatoms. The number of carbonyl (C=O) groups is 2. The normalized spacial score (nSPS) is 16.3. The van der Waals surface area contributed by atoms with Gasteiger partial charge in [-0.05, 0) is 28.3 Å². The van der Waals surface area contributed by atoms with E-state index in [2.05, 4.69) is 4.72 Å². The highest BCUT2D eigenvalue weighted by Gasteiger charge is 2.42. The number of carboxylic acids is 1. The Morgan fingerprint density at radius 2 is 1.78 bits per heavy atom. The van der Waals surface area contributed by atoms with Crippen molar-refractivity contribution in [3.63, 3.8) is 0 Å². The molecule has 0 bridgehead atoms. The molecule has 3 aromatic carbocycles. The third-order valence-electron chi connectivity index (χ3n) is 3.75. The summed E-state index contributed by atoms with van der Waals surface area (Å²) in [7, 11) is 0.202. The molecule has 5 nitrogen and oxygen atoms in total. The van der Waals surface area contributed by atoms with Crippen molar-refractivity contribution in [3.05, 3.63) is 48.0 Å². The van der Waals surface area contributed by atoms with Crippen LogP contribution in [0.15, 0.2) is 47.4 Å². The second-order valence-electron chi connectivity index (χ2n) is 5.03. The highest BCUT2D eigenvalue weighted by atomic mass is 33.1. The number of aromatic carboxylic acids is 1. The monoisotopic (exact) mass is 344 g/mol. The first-order valence-electron chi connectivity index (χ1n) is 6.70. The Hall–Kier alpha value is -2.38. The molecule has 0 saturated heterocycles. The quantitative estimate of drug-likeness (QED) is 0.346. The van der Waals surface area contributed by atoms with E-state index in [1.165, 1.54) is 10.8 Å². The Balaban J connectivity index is 2.09. The van der Waals surface area contributed by atoms with Gasteiger partial charge in [-0.15, -0.1) is 0 Å². The maximum absolute atomic E-state index is 11.8. The molecule has 114 valence electrons.